The van der Waals surface area contributed by atoms with Crippen LogP contribution in [0.1, 0.15) is 20.3 Å². The van der Waals surface area contributed by atoms with Gasteiger partial charge in [0.1, 0.15) is 0 Å². The lowest BCUT2D eigenvalue weighted by atomic mass is 10.2. The van der Waals surface area contributed by atoms with Crippen LogP contribution in [-0.4, -0.2) is 12.8 Å². The molecule has 0 amide bonds. The highest BCUT2D eigenvalue weighted by atomic mass is 14.8. The van der Waals surface area contributed by atoms with Crippen LogP contribution < -0.4 is 5.32 Å². The van der Waals surface area contributed by atoms with E-state index in [4.69, 9.17) is 5.41 Å². The number of allylic oxidation sites excluding steroid dienone is 1. The Balaban J connectivity index is 3.61. The lowest BCUT2D eigenvalue weighted by Crippen LogP contribution is -2.04. The fourth-order valence-corrected chi connectivity index (χ4v) is 0.479. The van der Waals surface area contributed by atoms with Crippen LogP contribution in [0.25, 0.3) is 0 Å². The van der Waals surface area contributed by atoms with Gasteiger partial charge in [-0.3, -0.25) is 0 Å². The molecule has 0 atom stereocenters. The van der Waals surface area contributed by atoms with Crippen molar-refractivity contribution < 1.29 is 0 Å². The molecular formula is C7H14N2. The van der Waals surface area contributed by atoms with Crippen molar-refractivity contribution in [2.75, 3.05) is 6.54 Å². The minimum Gasteiger partial charge on any atom is -0.391 e. The molecule has 0 saturated carbocycles. The Bertz CT molecular complexity index is 105. The largest absolute Gasteiger partial charge is 0.391 e. The molecule has 0 spiro atoms. The summed E-state index contributed by atoms with van der Waals surface area (Å²) in [4.78, 5) is 0. The summed E-state index contributed by atoms with van der Waals surface area (Å²) in [6, 6.07) is 0. The predicted molar refractivity (Wildman–Crippen MR) is 40.8 cm³/mol. The fraction of sp³-hybridized carbons (Fsp3) is 0.571. The Morgan fingerprint density at radius 3 is 2.56 bits per heavy atom. The summed E-state index contributed by atoms with van der Waals surface area (Å²) in [7, 11) is 0. The zero-order valence-corrected chi connectivity index (χ0v) is 6.07. The molecule has 0 aromatic heterocycles. The second-order valence-electron chi connectivity index (χ2n) is 1.77. The fourth-order valence-electron chi connectivity index (χ4n) is 0.479. The van der Waals surface area contributed by atoms with Crippen LogP contribution in [-0.2, 0) is 0 Å². The summed E-state index contributed by atoms with van der Waals surface area (Å²) in [6.45, 7) is 5.00. The van der Waals surface area contributed by atoms with Gasteiger partial charge in [0, 0.05) is 19.0 Å². The highest BCUT2D eigenvalue weighted by molar-refractivity contribution is 5.75. The summed E-state index contributed by atoms with van der Waals surface area (Å²) in [5, 5.41) is 9.94. The van der Waals surface area contributed by atoms with Crippen LogP contribution >= 0.6 is 0 Å². The summed E-state index contributed by atoms with van der Waals surface area (Å²) in [6.07, 6.45) is 4.19. The van der Waals surface area contributed by atoms with Gasteiger partial charge in [-0.05, 0) is 18.9 Å². The van der Waals surface area contributed by atoms with E-state index in [0.717, 1.165) is 18.5 Å². The Morgan fingerprint density at radius 1 is 1.56 bits per heavy atom. The average molecular weight is 126 g/mol. The van der Waals surface area contributed by atoms with E-state index in [9.17, 15) is 0 Å². The molecule has 0 aliphatic rings. The van der Waals surface area contributed by atoms with Gasteiger partial charge in [0.15, 0.2) is 0 Å². The highest BCUT2D eigenvalue weighted by Crippen LogP contribution is 1.91. The Morgan fingerprint density at radius 2 is 2.22 bits per heavy atom. The molecule has 0 aliphatic carbocycles. The quantitative estimate of drug-likeness (QED) is 0.551. The second kappa shape index (κ2) is 5.35. The van der Waals surface area contributed by atoms with Crippen LogP contribution in [0, 0.1) is 5.41 Å². The van der Waals surface area contributed by atoms with Crippen molar-refractivity contribution in [3.8, 4) is 0 Å². The lowest BCUT2D eigenvalue weighted by molar-refractivity contribution is 0.906. The van der Waals surface area contributed by atoms with Gasteiger partial charge in [0.25, 0.3) is 0 Å². The molecule has 0 bridgehead atoms. The molecule has 9 heavy (non-hydrogen) atoms. The first-order valence-corrected chi connectivity index (χ1v) is 3.28. The van der Waals surface area contributed by atoms with Gasteiger partial charge in [0.05, 0.1) is 0 Å². The van der Waals surface area contributed by atoms with Crippen molar-refractivity contribution in [1.29, 1.82) is 5.41 Å². The topological polar surface area (TPSA) is 35.9 Å². The number of hydrogen-bond acceptors (Lipinski definition) is 2. The third-order valence-electron chi connectivity index (χ3n) is 1.09. The molecule has 0 aromatic rings. The van der Waals surface area contributed by atoms with Crippen LogP contribution in [0.2, 0.25) is 0 Å². The molecular weight excluding hydrogens is 112 g/mol. The maximum Gasteiger partial charge on any atom is 0.0224 e. The molecule has 2 heteroatoms. The molecule has 0 aliphatic heterocycles. The van der Waals surface area contributed by atoms with Gasteiger partial charge in [-0.2, -0.15) is 0 Å². The van der Waals surface area contributed by atoms with Crippen molar-refractivity contribution in [3.05, 3.63) is 11.8 Å². The smallest absolute Gasteiger partial charge is 0.0224 e. The molecule has 0 aromatic carbocycles. The molecule has 0 heterocycles. The zero-order chi connectivity index (χ0) is 7.11. The van der Waals surface area contributed by atoms with Crippen LogP contribution in [0.15, 0.2) is 11.8 Å². The maximum atomic E-state index is 6.91. The van der Waals surface area contributed by atoms with Crippen LogP contribution in [0.3, 0.4) is 0 Å². The molecule has 0 saturated heterocycles. The summed E-state index contributed by atoms with van der Waals surface area (Å²) >= 11 is 0. The van der Waals surface area contributed by atoms with Crippen LogP contribution in [0.5, 0.6) is 0 Å². The zero-order valence-electron chi connectivity index (χ0n) is 6.07. The van der Waals surface area contributed by atoms with Crippen molar-refractivity contribution in [3.63, 3.8) is 0 Å². The van der Waals surface area contributed by atoms with Gasteiger partial charge in [0.2, 0.25) is 0 Å². The Kier molecular flexibility index (Phi) is 4.88. The maximum absolute atomic E-state index is 6.91. The van der Waals surface area contributed by atoms with E-state index in [2.05, 4.69) is 5.32 Å². The first kappa shape index (κ1) is 8.21. The monoisotopic (exact) mass is 126 g/mol. The van der Waals surface area contributed by atoms with Gasteiger partial charge in [-0.15, -0.1) is 0 Å². The lowest BCUT2D eigenvalue weighted by Gasteiger charge is -1.95. The molecule has 0 radical (unpaired) electrons. The van der Waals surface area contributed by atoms with Crippen molar-refractivity contribution in [2.24, 2.45) is 0 Å². The van der Waals surface area contributed by atoms with E-state index >= 15 is 0 Å². The predicted octanol–water partition coefficient (Wildman–Crippen LogP) is 1.54. The number of rotatable bonds is 4. The second-order valence-corrected chi connectivity index (χ2v) is 1.77. The first-order valence-electron chi connectivity index (χ1n) is 3.28. The third-order valence-corrected chi connectivity index (χ3v) is 1.09. The van der Waals surface area contributed by atoms with Crippen LogP contribution in [0.4, 0.5) is 0 Å². The molecule has 0 unspecified atom stereocenters. The minimum absolute atomic E-state index is 0.927. The minimum atomic E-state index is 0.927. The Hall–Kier alpha value is -0.790. The molecule has 0 fully saturated rings. The van der Waals surface area contributed by atoms with Gasteiger partial charge in [-0.25, -0.2) is 0 Å². The summed E-state index contributed by atoms with van der Waals surface area (Å²) in [5.41, 5.74) is 1.04. The van der Waals surface area contributed by atoms with E-state index in [1.165, 1.54) is 6.21 Å². The molecule has 2 nitrogen and oxygen atoms in total. The highest BCUT2D eigenvalue weighted by Gasteiger charge is 1.83. The van der Waals surface area contributed by atoms with E-state index in [0.29, 0.717) is 0 Å². The summed E-state index contributed by atoms with van der Waals surface area (Å²) < 4.78 is 0. The van der Waals surface area contributed by atoms with Gasteiger partial charge < -0.3 is 10.7 Å². The average Bonchev–Trinajstić information content (AvgIpc) is 1.91. The number of hydrogen-bond donors (Lipinski definition) is 2. The Labute approximate surface area is 56.5 Å². The molecule has 52 valence electrons. The molecule has 2 N–H and O–H groups in total. The van der Waals surface area contributed by atoms with E-state index in [1.54, 1.807) is 0 Å². The van der Waals surface area contributed by atoms with Crippen molar-refractivity contribution >= 4 is 6.21 Å². The standard InChI is InChI=1S/C7H14N2/c1-3-7(5-8)6-9-4-2/h5-6,8-9H,3-4H2,1-2H3/b7-6-,8-5?. The van der Waals surface area contributed by atoms with E-state index in [1.807, 2.05) is 20.0 Å². The SMILES string of the molecule is CCN/C=C(\C=N)CC. The third kappa shape index (κ3) is 3.76. The number of nitrogens with one attached hydrogen (secondary N) is 2. The van der Waals surface area contributed by atoms with Crippen molar-refractivity contribution in [2.45, 2.75) is 20.3 Å². The molecule has 0 rings (SSSR count). The summed E-state index contributed by atoms with van der Waals surface area (Å²) in [5.74, 6) is 0. The first-order chi connectivity index (χ1) is 4.35. The van der Waals surface area contributed by atoms with Gasteiger partial charge in [-0.1, -0.05) is 6.92 Å². The van der Waals surface area contributed by atoms with E-state index < -0.39 is 0 Å². The van der Waals surface area contributed by atoms with Crippen molar-refractivity contribution in [1.82, 2.24) is 5.32 Å². The normalized spacial score (nSPS) is 11.1. The van der Waals surface area contributed by atoms with Gasteiger partial charge >= 0.3 is 0 Å². The van der Waals surface area contributed by atoms with E-state index in [-0.39, 0.29) is 0 Å².